The molecule has 98 valence electrons. The van der Waals surface area contributed by atoms with Gasteiger partial charge < -0.3 is 10.6 Å². The number of nitrogens with two attached hydrogens (primary N) is 1. The van der Waals surface area contributed by atoms with Gasteiger partial charge in [-0.2, -0.15) is 0 Å². The van der Waals surface area contributed by atoms with Gasteiger partial charge in [0.25, 0.3) is 0 Å². The van der Waals surface area contributed by atoms with Crippen molar-refractivity contribution in [1.82, 2.24) is 4.90 Å². The van der Waals surface area contributed by atoms with Crippen LogP contribution in [0.1, 0.15) is 24.0 Å². The van der Waals surface area contributed by atoms with Crippen LogP contribution in [0.25, 0.3) is 0 Å². The quantitative estimate of drug-likeness (QED) is 0.858. The summed E-state index contributed by atoms with van der Waals surface area (Å²) in [6, 6.07) is 6.21. The lowest BCUT2D eigenvalue weighted by Crippen LogP contribution is -2.47. The number of hydrogen-bond acceptors (Lipinski definition) is 2. The molecule has 3 rings (SSSR count). The number of halogens is 2. The van der Waals surface area contributed by atoms with E-state index in [0.29, 0.717) is 6.54 Å². The van der Waals surface area contributed by atoms with Crippen molar-refractivity contribution in [2.75, 3.05) is 6.54 Å². The molecule has 2 N–H and O–H groups in total. The van der Waals surface area contributed by atoms with E-state index in [1.807, 2.05) is 17.0 Å². The zero-order chi connectivity index (χ0) is 12.0. The maximum atomic E-state index is 12.2. The van der Waals surface area contributed by atoms with Crippen LogP contribution >= 0.6 is 28.3 Å². The number of fused-ring (bicyclic) bond motifs is 1. The first-order valence-corrected chi connectivity index (χ1v) is 6.74. The van der Waals surface area contributed by atoms with Crippen LogP contribution in [0.5, 0.6) is 0 Å². The van der Waals surface area contributed by atoms with E-state index in [1.54, 1.807) is 0 Å². The summed E-state index contributed by atoms with van der Waals surface area (Å²) in [4.78, 5) is 14.1. The summed E-state index contributed by atoms with van der Waals surface area (Å²) in [6.07, 6.45) is 2.60. The molecule has 1 saturated carbocycles. The van der Waals surface area contributed by atoms with E-state index in [-0.39, 0.29) is 18.3 Å². The molecule has 1 fully saturated rings. The van der Waals surface area contributed by atoms with Crippen LogP contribution in [-0.2, 0) is 17.8 Å². The lowest BCUT2D eigenvalue weighted by molar-refractivity contribution is -0.134. The summed E-state index contributed by atoms with van der Waals surface area (Å²) in [5.74, 6) is 0.124. The molecule has 0 saturated heterocycles. The van der Waals surface area contributed by atoms with E-state index in [4.69, 9.17) is 5.73 Å². The van der Waals surface area contributed by atoms with Crippen LogP contribution in [-0.4, -0.2) is 22.9 Å². The fourth-order valence-corrected chi connectivity index (χ4v) is 2.91. The molecular weight excluding hydrogens is 316 g/mol. The Kier molecular flexibility index (Phi) is 3.72. The summed E-state index contributed by atoms with van der Waals surface area (Å²) >= 11 is 3.56. The van der Waals surface area contributed by atoms with Crippen LogP contribution in [0.4, 0.5) is 0 Å². The van der Waals surface area contributed by atoms with Crippen LogP contribution in [0.15, 0.2) is 22.7 Å². The number of rotatable bonds is 1. The van der Waals surface area contributed by atoms with Crippen molar-refractivity contribution in [3.8, 4) is 0 Å². The molecule has 5 heteroatoms. The third-order valence-electron chi connectivity index (χ3n) is 3.72. The third kappa shape index (κ3) is 2.29. The highest BCUT2D eigenvalue weighted by atomic mass is 79.9. The molecular formula is C13H16BrClN2O. The molecule has 1 heterocycles. The van der Waals surface area contributed by atoms with Crippen molar-refractivity contribution in [3.05, 3.63) is 33.8 Å². The minimum Gasteiger partial charge on any atom is -0.336 e. The minimum absolute atomic E-state index is 0. The van der Waals surface area contributed by atoms with Gasteiger partial charge in [0.05, 0.1) is 5.54 Å². The van der Waals surface area contributed by atoms with Crippen LogP contribution in [0.2, 0.25) is 0 Å². The lowest BCUT2D eigenvalue weighted by Gasteiger charge is -2.31. The number of carbonyl (C=O) groups is 1. The average molecular weight is 332 g/mol. The Morgan fingerprint density at radius 1 is 1.39 bits per heavy atom. The Hall–Kier alpha value is -0.580. The maximum Gasteiger partial charge on any atom is 0.242 e. The molecule has 2 aliphatic rings. The monoisotopic (exact) mass is 330 g/mol. The number of hydrogen-bond donors (Lipinski definition) is 1. The molecule has 1 aliphatic heterocycles. The first-order chi connectivity index (χ1) is 8.10. The summed E-state index contributed by atoms with van der Waals surface area (Å²) < 4.78 is 1.09. The van der Waals surface area contributed by atoms with Gasteiger partial charge in [-0.05, 0) is 36.5 Å². The van der Waals surface area contributed by atoms with E-state index >= 15 is 0 Å². The van der Waals surface area contributed by atoms with Crippen molar-refractivity contribution >= 4 is 34.2 Å². The Morgan fingerprint density at radius 2 is 2.11 bits per heavy atom. The van der Waals surface area contributed by atoms with Gasteiger partial charge in [-0.15, -0.1) is 12.4 Å². The van der Waals surface area contributed by atoms with Crippen molar-refractivity contribution in [2.45, 2.75) is 31.3 Å². The maximum absolute atomic E-state index is 12.2. The van der Waals surface area contributed by atoms with Crippen molar-refractivity contribution in [2.24, 2.45) is 5.73 Å². The second-order valence-electron chi connectivity index (χ2n) is 5.01. The Labute approximate surface area is 121 Å². The van der Waals surface area contributed by atoms with Gasteiger partial charge in [-0.1, -0.05) is 28.1 Å². The SMILES string of the molecule is Cl.NC1(C(=O)N2CCc3cccc(Br)c3C2)CC1. The first-order valence-electron chi connectivity index (χ1n) is 5.95. The van der Waals surface area contributed by atoms with Gasteiger partial charge in [0.2, 0.25) is 5.91 Å². The Morgan fingerprint density at radius 3 is 2.78 bits per heavy atom. The normalized spacial score (nSPS) is 19.8. The van der Waals surface area contributed by atoms with Gasteiger partial charge >= 0.3 is 0 Å². The van der Waals surface area contributed by atoms with Gasteiger partial charge in [-0.25, -0.2) is 0 Å². The standard InChI is InChI=1S/C13H15BrN2O.ClH/c14-11-3-1-2-9-4-7-16(8-10(9)11)12(17)13(15)5-6-13;/h1-3H,4-8,15H2;1H. The molecule has 0 unspecified atom stereocenters. The van der Waals surface area contributed by atoms with Gasteiger partial charge in [0.15, 0.2) is 0 Å². The second kappa shape index (κ2) is 4.83. The molecule has 1 aromatic rings. The molecule has 0 aromatic heterocycles. The summed E-state index contributed by atoms with van der Waals surface area (Å²) in [6.45, 7) is 1.48. The van der Waals surface area contributed by atoms with E-state index in [9.17, 15) is 4.79 Å². The first kappa shape index (κ1) is 13.8. The van der Waals surface area contributed by atoms with Crippen LogP contribution in [0, 0.1) is 0 Å². The summed E-state index contributed by atoms with van der Waals surface area (Å²) in [5.41, 5.74) is 8.00. The molecule has 0 bridgehead atoms. The summed E-state index contributed by atoms with van der Waals surface area (Å²) in [5, 5.41) is 0. The largest absolute Gasteiger partial charge is 0.336 e. The fraction of sp³-hybridized carbons (Fsp3) is 0.462. The van der Waals surface area contributed by atoms with Gasteiger partial charge in [0, 0.05) is 17.6 Å². The minimum atomic E-state index is -0.543. The average Bonchev–Trinajstić information content (AvgIpc) is 3.08. The second-order valence-corrected chi connectivity index (χ2v) is 5.86. The van der Waals surface area contributed by atoms with E-state index in [0.717, 1.165) is 30.3 Å². The number of nitrogens with zero attached hydrogens (tertiary/aromatic N) is 1. The summed E-state index contributed by atoms with van der Waals surface area (Å²) in [7, 11) is 0. The van der Waals surface area contributed by atoms with Gasteiger partial charge in [0.1, 0.15) is 0 Å². The zero-order valence-corrected chi connectivity index (χ0v) is 12.4. The van der Waals surface area contributed by atoms with Crippen LogP contribution < -0.4 is 5.73 Å². The molecule has 0 radical (unpaired) electrons. The van der Waals surface area contributed by atoms with Crippen molar-refractivity contribution in [1.29, 1.82) is 0 Å². The number of carbonyl (C=O) groups excluding carboxylic acids is 1. The predicted molar refractivity (Wildman–Crippen MR) is 76.7 cm³/mol. The highest BCUT2D eigenvalue weighted by molar-refractivity contribution is 9.10. The highest BCUT2D eigenvalue weighted by Crippen LogP contribution is 2.36. The van der Waals surface area contributed by atoms with Crippen molar-refractivity contribution in [3.63, 3.8) is 0 Å². The van der Waals surface area contributed by atoms with E-state index in [1.165, 1.54) is 11.1 Å². The van der Waals surface area contributed by atoms with Crippen LogP contribution in [0.3, 0.4) is 0 Å². The Bertz CT molecular complexity index is 488. The van der Waals surface area contributed by atoms with Gasteiger partial charge in [-0.3, -0.25) is 4.79 Å². The zero-order valence-electron chi connectivity index (χ0n) is 9.99. The molecule has 1 amide bonds. The topological polar surface area (TPSA) is 46.3 Å². The molecule has 18 heavy (non-hydrogen) atoms. The lowest BCUT2D eigenvalue weighted by atomic mass is 9.99. The van der Waals surface area contributed by atoms with E-state index < -0.39 is 5.54 Å². The number of amides is 1. The third-order valence-corrected chi connectivity index (χ3v) is 4.46. The van der Waals surface area contributed by atoms with Crippen molar-refractivity contribution < 1.29 is 4.79 Å². The molecule has 1 aromatic carbocycles. The smallest absolute Gasteiger partial charge is 0.242 e. The molecule has 0 spiro atoms. The van der Waals surface area contributed by atoms with E-state index in [2.05, 4.69) is 22.0 Å². The molecule has 3 nitrogen and oxygen atoms in total. The number of benzene rings is 1. The highest BCUT2D eigenvalue weighted by Gasteiger charge is 2.48. The fourth-order valence-electron chi connectivity index (χ4n) is 2.38. The molecule has 0 atom stereocenters. The Balaban J connectivity index is 0.00000120. The molecule has 1 aliphatic carbocycles. The predicted octanol–water partition coefficient (Wildman–Crippen LogP) is 2.25.